The molecule has 0 aliphatic carbocycles. The summed E-state index contributed by atoms with van der Waals surface area (Å²) in [7, 11) is 3.28. The van der Waals surface area contributed by atoms with E-state index in [-0.39, 0.29) is 0 Å². The van der Waals surface area contributed by atoms with Crippen LogP contribution in [0, 0.1) is 0 Å². The normalized spacial score (nSPS) is 13.9. The molecule has 0 bridgehead atoms. The van der Waals surface area contributed by atoms with Gasteiger partial charge in [-0.3, -0.25) is 0 Å². The topological polar surface area (TPSA) is 48.3 Å². The van der Waals surface area contributed by atoms with Crippen molar-refractivity contribution in [2.24, 2.45) is 0 Å². The number of ether oxygens (including phenoxy) is 2. The second kappa shape index (κ2) is 5.46. The van der Waals surface area contributed by atoms with Crippen molar-refractivity contribution >= 4 is 15.9 Å². The summed E-state index contributed by atoms with van der Waals surface area (Å²) in [6.07, 6.45) is 0. The van der Waals surface area contributed by atoms with Gasteiger partial charge in [0.2, 0.25) is 0 Å². The molecule has 2 heterocycles. The van der Waals surface area contributed by atoms with Crippen molar-refractivity contribution in [1.82, 2.24) is 14.9 Å². The molecule has 20 heavy (non-hydrogen) atoms. The third kappa shape index (κ3) is 2.19. The SMILES string of the molecule is COc1ccc(-c2nc(Br)c3n2CCNC3)cc1OC. The highest BCUT2D eigenvalue weighted by atomic mass is 79.9. The molecule has 0 amide bonds. The minimum atomic E-state index is 0.715. The maximum absolute atomic E-state index is 5.36. The maximum atomic E-state index is 5.36. The molecule has 5 nitrogen and oxygen atoms in total. The number of methoxy groups -OCH3 is 2. The lowest BCUT2D eigenvalue weighted by molar-refractivity contribution is 0.355. The molecule has 1 aliphatic heterocycles. The molecule has 1 aromatic heterocycles. The van der Waals surface area contributed by atoms with E-state index in [1.54, 1.807) is 14.2 Å². The highest BCUT2D eigenvalue weighted by Gasteiger charge is 2.20. The Hall–Kier alpha value is -1.53. The molecule has 2 aromatic rings. The van der Waals surface area contributed by atoms with Crippen LogP contribution in [0.15, 0.2) is 22.8 Å². The minimum absolute atomic E-state index is 0.715. The molecule has 0 saturated carbocycles. The predicted octanol–water partition coefficient (Wildman–Crippen LogP) is 2.43. The van der Waals surface area contributed by atoms with Crippen LogP contribution >= 0.6 is 15.9 Å². The van der Waals surface area contributed by atoms with Gasteiger partial charge >= 0.3 is 0 Å². The molecule has 6 heteroatoms. The Balaban J connectivity index is 2.09. The number of hydrogen-bond donors (Lipinski definition) is 1. The Morgan fingerprint density at radius 1 is 1.25 bits per heavy atom. The average Bonchev–Trinajstić information content (AvgIpc) is 2.84. The van der Waals surface area contributed by atoms with Crippen LogP contribution in [0.2, 0.25) is 0 Å². The number of fused-ring (bicyclic) bond motifs is 1. The van der Waals surface area contributed by atoms with Crippen LogP contribution in [-0.2, 0) is 13.1 Å². The van der Waals surface area contributed by atoms with E-state index in [1.165, 1.54) is 5.69 Å². The van der Waals surface area contributed by atoms with Crippen molar-refractivity contribution < 1.29 is 9.47 Å². The summed E-state index contributed by atoms with van der Waals surface area (Å²) < 4.78 is 13.8. The lowest BCUT2D eigenvalue weighted by atomic mass is 10.2. The van der Waals surface area contributed by atoms with Crippen LogP contribution in [0.3, 0.4) is 0 Å². The van der Waals surface area contributed by atoms with Crippen LogP contribution in [0.4, 0.5) is 0 Å². The number of nitrogens with zero attached hydrogens (tertiary/aromatic N) is 2. The largest absolute Gasteiger partial charge is 0.493 e. The lowest BCUT2D eigenvalue weighted by Gasteiger charge is -2.18. The number of rotatable bonds is 3. The molecule has 0 radical (unpaired) electrons. The molecular weight excluding hydrogens is 322 g/mol. The fraction of sp³-hybridized carbons (Fsp3) is 0.357. The molecule has 0 atom stereocenters. The molecule has 0 unspecified atom stereocenters. The van der Waals surface area contributed by atoms with Gasteiger partial charge < -0.3 is 19.4 Å². The highest BCUT2D eigenvalue weighted by Crippen LogP contribution is 2.34. The van der Waals surface area contributed by atoms with Gasteiger partial charge in [-0.15, -0.1) is 0 Å². The number of benzene rings is 1. The quantitative estimate of drug-likeness (QED) is 0.934. The van der Waals surface area contributed by atoms with E-state index in [0.717, 1.165) is 41.4 Å². The van der Waals surface area contributed by atoms with Crippen LogP contribution in [0.5, 0.6) is 11.5 Å². The van der Waals surface area contributed by atoms with E-state index >= 15 is 0 Å². The van der Waals surface area contributed by atoms with Gasteiger partial charge in [-0.2, -0.15) is 0 Å². The van der Waals surface area contributed by atoms with Crippen LogP contribution in [-0.4, -0.2) is 30.3 Å². The molecule has 0 saturated heterocycles. The number of hydrogen-bond acceptors (Lipinski definition) is 4. The van der Waals surface area contributed by atoms with Gasteiger partial charge in [-0.05, 0) is 34.1 Å². The Morgan fingerprint density at radius 3 is 2.80 bits per heavy atom. The lowest BCUT2D eigenvalue weighted by Crippen LogP contribution is -2.28. The number of imidazole rings is 1. The summed E-state index contributed by atoms with van der Waals surface area (Å²) in [5.41, 5.74) is 2.21. The van der Waals surface area contributed by atoms with Gasteiger partial charge in [-0.1, -0.05) is 0 Å². The standard InChI is InChI=1S/C14H16BrN3O2/c1-19-11-4-3-9(7-12(11)20-2)14-17-13(15)10-8-16-5-6-18(10)14/h3-4,7,16H,5-6,8H2,1-2H3. The smallest absolute Gasteiger partial charge is 0.161 e. The fourth-order valence-electron chi connectivity index (χ4n) is 2.46. The predicted molar refractivity (Wildman–Crippen MR) is 80.2 cm³/mol. The third-order valence-corrected chi connectivity index (χ3v) is 4.11. The summed E-state index contributed by atoms with van der Waals surface area (Å²) >= 11 is 3.54. The fourth-order valence-corrected chi connectivity index (χ4v) is 2.98. The van der Waals surface area contributed by atoms with Gasteiger partial charge in [-0.25, -0.2) is 4.98 Å². The first kappa shape index (κ1) is 13.5. The Labute approximate surface area is 126 Å². The first-order valence-corrected chi connectivity index (χ1v) is 7.22. The van der Waals surface area contributed by atoms with Crippen molar-refractivity contribution in [3.05, 3.63) is 28.5 Å². The van der Waals surface area contributed by atoms with Crippen molar-refractivity contribution in [2.75, 3.05) is 20.8 Å². The molecule has 1 aliphatic rings. The van der Waals surface area contributed by atoms with Crippen LogP contribution < -0.4 is 14.8 Å². The van der Waals surface area contributed by atoms with Crippen molar-refractivity contribution in [1.29, 1.82) is 0 Å². The zero-order valence-electron chi connectivity index (χ0n) is 11.4. The minimum Gasteiger partial charge on any atom is -0.493 e. The number of nitrogens with one attached hydrogen (secondary N) is 1. The molecule has 0 spiro atoms. The van der Waals surface area contributed by atoms with Crippen LogP contribution in [0.25, 0.3) is 11.4 Å². The number of halogens is 1. The van der Waals surface area contributed by atoms with E-state index in [4.69, 9.17) is 9.47 Å². The van der Waals surface area contributed by atoms with E-state index in [1.807, 2.05) is 18.2 Å². The third-order valence-electron chi connectivity index (χ3n) is 3.47. The maximum Gasteiger partial charge on any atom is 0.161 e. The summed E-state index contributed by atoms with van der Waals surface area (Å²) in [5.74, 6) is 2.39. The van der Waals surface area contributed by atoms with E-state index < -0.39 is 0 Å². The van der Waals surface area contributed by atoms with Gasteiger partial charge in [0.25, 0.3) is 0 Å². The molecular formula is C14H16BrN3O2. The molecule has 0 fully saturated rings. The highest BCUT2D eigenvalue weighted by molar-refractivity contribution is 9.10. The Kier molecular flexibility index (Phi) is 3.67. The monoisotopic (exact) mass is 337 g/mol. The van der Waals surface area contributed by atoms with Crippen LogP contribution in [0.1, 0.15) is 5.69 Å². The van der Waals surface area contributed by atoms with E-state index in [2.05, 4.69) is 30.8 Å². The first-order valence-electron chi connectivity index (χ1n) is 6.42. The Bertz CT molecular complexity index is 640. The van der Waals surface area contributed by atoms with E-state index in [9.17, 15) is 0 Å². The molecule has 106 valence electrons. The number of aromatic nitrogens is 2. The average molecular weight is 338 g/mol. The zero-order valence-corrected chi connectivity index (χ0v) is 13.0. The summed E-state index contributed by atoms with van der Waals surface area (Å²) in [6, 6.07) is 5.87. The van der Waals surface area contributed by atoms with Gasteiger partial charge in [0.15, 0.2) is 11.5 Å². The molecule has 3 rings (SSSR count). The van der Waals surface area contributed by atoms with Gasteiger partial charge in [0.1, 0.15) is 10.4 Å². The van der Waals surface area contributed by atoms with Crippen molar-refractivity contribution in [3.63, 3.8) is 0 Å². The summed E-state index contributed by atoms with van der Waals surface area (Å²) in [5, 5.41) is 3.35. The Morgan fingerprint density at radius 2 is 2.05 bits per heavy atom. The van der Waals surface area contributed by atoms with Crippen molar-refractivity contribution in [3.8, 4) is 22.9 Å². The van der Waals surface area contributed by atoms with Crippen molar-refractivity contribution in [2.45, 2.75) is 13.1 Å². The summed E-state index contributed by atoms with van der Waals surface area (Å²) in [6.45, 7) is 2.70. The molecule has 1 N–H and O–H groups in total. The molecule has 1 aromatic carbocycles. The summed E-state index contributed by atoms with van der Waals surface area (Å²) in [4.78, 5) is 4.64. The van der Waals surface area contributed by atoms with Gasteiger partial charge in [0, 0.05) is 25.2 Å². The second-order valence-electron chi connectivity index (χ2n) is 4.57. The van der Waals surface area contributed by atoms with E-state index in [0.29, 0.717) is 5.75 Å². The first-order chi connectivity index (χ1) is 9.74. The zero-order chi connectivity index (χ0) is 14.1. The second-order valence-corrected chi connectivity index (χ2v) is 5.32. The van der Waals surface area contributed by atoms with Gasteiger partial charge in [0.05, 0.1) is 19.9 Å².